The molecule has 19 heavy (non-hydrogen) atoms. The Balaban J connectivity index is 1.85. The van der Waals surface area contributed by atoms with Crippen molar-refractivity contribution < 1.29 is 4.79 Å². The highest BCUT2D eigenvalue weighted by molar-refractivity contribution is 7.09. The molecule has 0 saturated carbocycles. The molecule has 0 aliphatic carbocycles. The SMILES string of the molecule is CC[C@H](NC(=O)CCc1nncn1C)c1nccs1. The Morgan fingerprint density at radius 3 is 3.00 bits per heavy atom. The van der Waals surface area contributed by atoms with E-state index in [4.69, 9.17) is 0 Å². The van der Waals surface area contributed by atoms with Crippen LogP contribution >= 0.6 is 11.3 Å². The summed E-state index contributed by atoms with van der Waals surface area (Å²) in [4.78, 5) is 16.2. The molecule has 102 valence electrons. The first-order valence-electron chi connectivity index (χ1n) is 6.22. The number of aromatic nitrogens is 4. The number of hydrogen-bond donors (Lipinski definition) is 1. The summed E-state index contributed by atoms with van der Waals surface area (Å²) in [6.45, 7) is 2.04. The number of rotatable bonds is 6. The number of aryl methyl sites for hydroxylation is 2. The second-order valence-corrected chi connectivity index (χ2v) is 5.18. The summed E-state index contributed by atoms with van der Waals surface area (Å²) >= 11 is 1.56. The van der Waals surface area contributed by atoms with E-state index in [0.717, 1.165) is 17.3 Å². The monoisotopic (exact) mass is 279 g/mol. The van der Waals surface area contributed by atoms with Gasteiger partial charge < -0.3 is 9.88 Å². The highest BCUT2D eigenvalue weighted by Gasteiger charge is 2.15. The van der Waals surface area contributed by atoms with Gasteiger partial charge in [0.1, 0.15) is 17.2 Å². The second kappa shape index (κ2) is 6.42. The van der Waals surface area contributed by atoms with Crippen molar-refractivity contribution in [2.24, 2.45) is 7.05 Å². The van der Waals surface area contributed by atoms with E-state index in [1.54, 1.807) is 23.9 Å². The molecule has 2 aromatic heterocycles. The van der Waals surface area contributed by atoms with Crippen LogP contribution in [0.25, 0.3) is 0 Å². The van der Waals surface area contributed by atoms with Crippen LogP contribution in [-0.2, 0) is 18.3 Å². The lowest BCUT2D eigenvalue weighted by Crippen LogP contribution is -2.28. The van der Waals surface area contributed by atoms with Crippen LogP contribution in [0.1, 0.15) is 36.6 Å². The van der Waals surface area contributed by atoms with E-state index in [9.17, 15) is 4.79 Å². The molecule has 1 amide bonds. The van der Waals surface area contributed by atoms with Gasteiger partial charge in [-0.15, -0.1) is 21.5 Å². The van der Waals surface area contributed by atoms with Gasteiger partial charge in [-0.3, -0.25) is 4.79 Å². The molecule has 1 N–H and O–H groups in total. The standard InChI is InChI=1S/C12H17N5OS/c1-3-9(12-13-6-7-19-12)15-11(18)5-4-10-16-14-8-17(10)2/h6-9H,3-5H2,1-2H3,(H,15,18)/t9-/m0/s1. The van der Waals surface area contributed by atoms with Crippen LogP contribution < -0.4 is 5.32 Å². The van der Waals surface area contributed by atoms with Gasteiger partial charge in [0.25, 0.3) is 0 Å². The number of carbonyl (C=O) groups excluding carboxylic acids is 1. The van der Waals surface area contributed by atoms with Gasteiger partial charge in [-0.1, -0.05) is 6.92 Å². The van der Waals surface area contributed by atoms with Crippen molar-refractivity contribution in [2.45, 2.75) is 32.2 Å². The second-order valence-electron chi connectivity index (χ2n) is 4.26. The van der Waals surface area contributed by atoms with Crippen molar-refractivity contribution in [1.29, 1.82) is 0 Å². The first-order valence-corrected chi connectivity index (χ1v) is 7.10. The van der Waals surface area contributed by atoms with Crippen LogP contribution in [0.4, 0.5) is 0 Å². The molecule has 2 heterocycles. The number of nitrogens with zero attached hydrogens (tertiary/aromatic N) is 4. The number of carbonyl (C=O) groups is 1. The summed E-state index contributed by atoms with van der Waals surface area (Å²) in [5.41, 5.74) is 0. The molecule has 0 spiro atoms. The molecule has 0 unspecified atom stereocenters. The van der Waals surface area contributed by atoms with Crippen molar-refractivity contribution in [1.82, 2.24) is 25.1 Å². The van der Waals surface area contributed by atoms with E-state index >= 15 is 0 Å². The molecule has 6 nitrogen and oxygen atoms in total. The Morgan fingerprint density at radius 2 is 2.42 bits per heavy atom. The lowest BCUT2D eigenvalue weighted by Gasteiger charge is -2.14. The lowest BCUT2D eigenvalue weighted by atomic mass is 10.2. The third-order valence-corrected chi connectivity index (χ3v) is 3.76. The Hall–Kier alpha value is -1.76. The van der Waals surface area contributed by atoms with Crippen LogP contribution in [0.3, 0.4) is 0 Å². The Labute approximate surface area is 115 Å². The summed E-state index contributed by atoms with van der Waals surface area (Å²) in [5.74, 6) is 0.836. The summed E-state index contributed by atoms with van der Waals surface area (Å²) in [7, 11) is 1.87. The summed E-state index contributed by atoms with van der Waals surface area (Å²) in [5, 5.41) is 13.6. The minimum Gasteiger partial charge on any atom is -0.347 e. The van der Waals surface area contributed by atoms with Gasteiger partial charge in [0.15, 0.2) is 0 Å². The molecule has 0 bridgehead atoms. The van der Waals surface area contributed by atoms with Gasteiger partial charge in [0.2, 0.25) is 5.91 Å². The van der Waals surface area contributed by atoms with Crippen molar-refractivity contribution in [3.05, 3.63) is 28.7 Å². The zero-order valence-electron chi connectivity index (χ0n) is 11.0. The van der Waals surface area contributed by atoms with E-state index in [1.165, 1.54) is 0 Å². The zero-order chi connectivity index (χ0) is 13.7. The van der Waals surface area contributed by atoms with E-state index in [2.05, 4.69) is 20.5 Å². The summed E-state index contributed by atoms with van der Waals surface area (Å²) < 4.78 is 1.82. The topological polar surface area (TPSA) is 72.7 Å². The third kappa shape index (κ3) is 3.60. The highest BCUT2D eigenvalue weighted by Crippen LogP contribution is 2.18. The first kappa shape index (κ1) is 13.7. The Morgan fingerprint density at radius 1 is 1.58 bits per heavy atom. The Bertz CT molecular complexity index is 522. The largest absolute Gasteiger partial charge is 0.347 e. The van der Waals surface area contributed by atoms with Crippen molar-refractivity contribution >= 4 is 17.2 Å². The van der Waals surface area contributed by atoms with E-state index in [1.807, 2.05) is 23.9 Å². The zero-order valence-corrected chi connectivity index (χ0v) is 11.9. The van der Waals surface area contributed by atoms with Crippen LogP contribution in [0.2, 0.25) is 0 Å². The van der Waals surface area contributed by atoms with Crippen LogP contribution in [0.5, 0.6) is 0 Å². The van der Waals surface area contributed by atoms with Crippen LogP contribution in [0.15, 0.2) is 17.9 Å². The Kier molecular flexibility index (Phi) is 4.62. The van der Waals surface area contributed by atoms with E-state index in [-0.39, 0.29) is 11.9 Å². The molecule has 2 aromatic rings. The number of hydrogen-bond acceptors (Lipinski definition) is 5. The lowest BCUT2D eigenvalue weighted by molar-refractivity contribution is -0.121. The molecular weight excluding hydrogens is 262 g/mol. The third-order valence-electron chi connectivity index (χ3n) is 2.87. The molecule has 7 heteroatoms. The van der Waals surface area contributed by atoms with Crippen molar-refractivity contribution in [3.8, 4) is 0 Å². The molecule has 0 saturated heterocycles. The van der Waals surface area contributed by atoms with E-state index < -0.39 is 0 Å². The molecule has 0 aliphatic rings. The molecule has 0 aromatic carbocycles. The number of nitrogens with one attached hydrogen (secondary N) is 1. The van der Waals surface area contributed by atoms with Crippen molar-refractivity contribution in [3.63, 3.8) is 0 Å². The fourth-order valence-corrected chi connectivity index (χ4v) is 2.54. The van der Waals surface area contributed by atoms with Crippen LogP contribution in [0, 0.1) is 0 Å². The van der Waals surface area contributed by atoms with E-state index in [0.29, 0.717) is 12.8 Å². The molecular formula is C12H17N5OS. The quantitative estimate of drug-likeness (QED) is 0.869. The number of thiazole rings is 1. The maximum Gasteiger partial charge on any atom is 0.221 e. The fourth-order valence-electron chi connectivity index (χ4n) is 1.77. The van der Waals surface area contributed by atoms with Gasteiger partial charge in [-0.05, 0) is 6.42 Å². The summed E-state index contributed by atoms with van der Waals surface area (Å²) in [6, 6.07) is 0.00648. The average molecular weight is 279 g/mol. The van der Waals surface area contributed by atoms with Gasteiger partial charge in [0.05, 0.1) is 6.04 Å². The predicted molar refractivity (Wildman–Crippen MR) is 72.6 cm³/mol. The number of amides is 1. The molecule has 0 fully saturated rings. The predicted octanol–water partition coefficient (Wildman–Crippen LogP) is 1.47. The van der Waals surface area contributed by atoms with Crippen LogP contribution in [-0.4, -0.2) is 25.7 Å². The molecule has 1 atom stereocenters. The normalized spacial score (nSPS) is 12.3. The maximum atomic E-state index is 11.9. The molecule has 0 radical (unpaired) electrons. The highest BCUT2D eigenvalue weighted by atomic mass is 32.1. The maximum absolute atomic E-state index is 11.9. The minimum atomic E-state index is 0.00648. The van der Waals surface area contributed by atoms with Gasteiger partial charge in [-0.25, -0.2) is 4.98 Å². The average Bonchev–Trinajstić information content (AvgIpc) is 3.05. The van der Waals surface area contributed by atoms with Gasteiger partial charge in [0, 0.05) is 31.5 Å². The minimum absolute atomic E-state index is 0.00648. The van der Waals surface area contributed by atoms with Gasteiger partial charge >= 0.3 is 0 Å². The molecule has 0 aliphatic heterocycles. The first-order chi connectivity index (χ1) is 9.20. The summed E-state index contributed by atoms with van der Waals surface area (Å²) in [6.07, 6.45) is 5.24. The van der Waals surface area contributed by atoms with Gasteiger partial charge in [-0.2, -0.15) is 0 Å². The smallest absolute Gasteiger partial charge is 0.221 e. The molecule has 2 rings (SSSR count). The van der Waals surface area contributed by atoms with Crippen molar-refractivity contribution in [2.75, 3.05) is 0 Å². The fraction of sp³-hybridized carbons (Fsp3) is 0.500.